The average Bonchev–Trinajstić information content (AvgIpc) is 3.12. The van der Waals surface area contributed by atoms with Crippen LogP contribution in [-0.2, 0) is 6.18 Å². The largest absolute Gasteiger partial charge is 0.449 e. The number of fused-ring (bicyclic) bond motifs is 3. The smallest absolute Gasteiger partial charge is 0.439 e. The van der Waals surface area contributed by atoms with Gasteiger partial charge in [-0.05, 0) is 56.1 Å². The number of hydrogen-bond donors (Lipinski definition) is 2. The van der Waals surface area contributed by atoms with Gasteiger partial charge in [-0.15, -0.1) is 0 Å². The van der Waals surface area contributed by atoms with Gasteiger partial charge < -0.3 is 19.9 Å². The number of amides is 1. The van der Waals surface area contributed by atoms with Gasteiger partial charge in [-0.1, -0.05) is 0 Å². The molecule has 5 rings (SSSR count). The molecule has 9 heteroatoms. The van der Waals surface area contributed by atoms with Gasteiger partial charge in [-0.3, -0.25) is 4.79 Å². The van der Waals surface area contributed by atoms with E-state index in [0.29, 0.717) is 17.2 Å². The van der Waals surface area contributed by atoms with Crippen molar-refractivity contribution in [3.63, 3.8) is 0 Å². The fraction of sp³-hybridized carbons (Fsp3) is 0.444. The lowest BCUT2D eigenvalue weighted by Crippen LogP contribution is -2.57. The highest BCUT2D eigenvalue weighted by atomic mass is 19.4. The Kier molecular flexibility index (Phi) is 4.55. The number of nitrogens with zero attached hydrogens (tertiary/aromatic N) is 2. The summed E-state index contributed by atoms with van der Waals surface area (Å²) >= 11 is 0. The van der Waals surface area contributed by atoms with Crippen molar-refractivity contribution in [2.75, 3.05) is 19.6 Å². The van der Waals surface area contributed by atoms with E-state index in [2.05, 4.69) is 20.2 Å². The monoisotopic (exact) mass is 380 g/mol. The van der Waals surface area contributed by atoms with E-state index in [0.717, 1.165) is 38.7 Å². The summed E-state index contributed by atoms with van der Waals surface area (Å²) in [4.78, 5) is 20.1. The number of H-pyrrole nitrogens is 1. The Morgan fingerprint density at radius 2 is 1.93 bits per heavy atom. The molecule has 3 aliphatic rings. The minimum absolute atomic E-state index is 0.119. The predicted molar refractivity (Wildman–Crippen MR) is 90.5 cm³/mol. The molecule has 3 saturated heterocycles. The van der Waals surface area contributed by atoms with E-state index in [1.807, 2.05) is 0 Å². The highest BCUT2D eigenvalue weighted by Gasteiger charge is 2.35. The van der Waals surface area contributed by atoms with Crippen LogP contribution in [0, 0.1) is 5.92 Å². The number of imidazole rings is 1. The molecule has 27 heavy (non-hydrogen) atoms. The molecular formula is C18H19F3N4O2. The molecule has 144 valence electrons. The van der Waals surface area contributed by atoms with Crippen LogP contribution in [-0.4, -0.2) is 46.5 Å². The normalized spacial score (nSPS) is 24.6. The van der Waals surface area contributed by atoms with Crippen molar-refractivity contribution in [3.05, 3.63) is 41.9 Å². The Balaban J connectivity index is 1.37. The summed E-state index contributed by atoms with van der Waals surface area (Å²) in [6, 6.07) is 6.43. The summed E-state index contributed by atoms with van der Waals surface area (Å²) in [6.07, 6.45) is -1.36. The summed E-state index contributed by atoms with van der Waals surface area (Å²) in [5, 5.41) is 3.09. The maximum Gasteiger partial charge on any atom is 0.449 e. The molecule has 0 spiro atoms. The van der Waals surface area contributed by atoms with Crippen molar-refractivity contribution in [2.45, 2.75) is 25.1 Å². The lowest BCUT2D eigenvalue weighted by molar-refractivity contribution is -0.144. The second kappa shape index (κ2) is 6.88. The van der Waals surface area contributed by atoms with Gasteiger partial charge in [0.15, 0.2) is 0 Å². The lowest BCUT2D eigenvalue weighted by atomic mass is 9.84. The quantitative estimate of drug-likeness (QED) is 0.856. The molecule has 0 radical (unpaired) electrons. The number of benzene rings is 1. The number of ether oxygens (including phenoxy) is 1. The van der Waals surface area contributed by atoms with Crippen LogP contribution in [0.25, 0.3) is 0 Å². The first-order valence-corrected chi connectivity index (χ1v) is 8.82. The number of piperidine rings is 3. The lowest BCUT2D eigenvalue weighted by Gasteiger charge is -2.44. The van der Waals surface area contributed by atoms with Gasteiger partial charge in [0.2, 0.25) is 11.7 Å². The summed E-state index contributed by atoms with van der Waals surface area (Å²) in [7, 11) is 0. The highest BCUT2D eigenvalue weighted by Crippen LogP contribution is 2.30. The third-order valence-electron chi connectivity index (χ3n) is 5.14. The van der Waals surface area contributed by atoms with Gasteiger partial charge in [-0.25, -0.2) is 4.98 Å². The fourth-order valence-corrected chi connectivity index (χ4v) is 3.68. The van der Waals surface area contributed by atoms with Gasteiger partial charge >= 0.3 is 6.18 Å². The number of halogens is 3. The molecule has 4 heterocycles. The van der Waals surface area contributed by atoms with E-state index < -0.39 is 12.0 Å². The Morgan fingerprint density at radius 1 is 1.22 bits per heavy atom. The average molecular weight is 380 g/mol. The van der Waals surface area contributed by atoms with E-state index in [-0.39, 0.29) is 17.8 Å². The van der Waals surface area contributed by atoms with Crippen molar-refractivity contribution in [1.82, 2.24) is 20.2 Å². The van der Waals surface area contributed by atoms with E-state index >= 15 is 0 Å². The third kappa shape index (κ3) is 3.92. The molecule has 2 bridgehead atoms. The van der Waals surface area contributed by atoms with Crippen LogP contribution in [0.3, 0.4) is 0 Å². The van der Waals surface area contributed by atoms with Gasteiger partial charge in [0.25, 0.3) is 5.91 Å². The number of carbonyl (C=O) groups excluding carboxylic acids is 1. The van der Waals surface area contributed by atoms with E-state index in [9.17, 15) is 18.0 Å². The molecule has 0 unspecified atom stereocenters. The Hall–Kier alpha value is -2.55. The van der Waals surface area contributed by atoms with E-state index in [1.165, 1.54) is 0 Å². The van der Waals surface area contributed by atoms with Crippen LogP contribution in [0.15, 0.2) is 30.5 Å². The van der Waals surface area contributed by atoms with Crippen molar-refractivity contribution >= 4 is 5.91 Å². The zero-order valence-electron chi connectivity index (χ0n) is 14.4. The van der Waals surface area contributed by atoms with Crippen molar-refractivity contribution in [3.8, 4) is 11.6 Å². The number of aromatic amines is 1. The molecule has 6 nitrogen and oxygen atoms in total. The molecule has 2 N–H and O–H groups in total. The van der Waals surface area contributed by atoms with Crippen molar-refractivity contribution < 1.29 is 22.7 Å². The molecular weight excluding hydrogens is 361 g/mol. The minimum Gasteiger partial charge on any atom is -0.439 e. The second-order valence-corrected chi connectivity index (χ2v) is 6.94. The maximum absolute atomic E-state index is 12.5. The van der Waals surface area contributed by atoms with Crippen LogP contribution < -0.4 is 10.1 Å². The minimum atomic E-state index is -4.56. The third-order valence-corrected chi connectivity index (χ3v) is 5.14. The predicted octanol–water partition coefficient (Wildman–Crippen LogP) is 3.04. The van der Waals surface area contributed by atoms with Gasteiger partial charge in [0.1, 0.15) is 5.75 Å². The molecule has 2 aromatic rings. The number of carbonyl (C=O) groups is 1. The summed E-state index contributed by atoms with van der Waals surface area (Å²) < 4.78 is 42.9. The summed E-state index contributed by atoms with van der Waals surface area (Å²) in [5.74, 6) is -0.546. The molecule has 3 fully saturated rings. The molecule has 1 aromatic carbocycles. The molecule has 1 aromatic heterocycles. The Morgan fingerprint density at radius 3 is 2.48 bits per heavy atom. The molecule has 1 atom stereocenters. The van der Waals surface area contributed by atoms with E-state index in [1.54, 1.807) is 24.3 Å². The molecule has 0 saturated carbocycles. The van der Waals surface area contributed by atoms with Gasteiger partial charge in [0, 0.05) is 18.2 Å². The SMILES string of the molecule is O=C(N[C@H]1CN2CCC1CC2)c1ccc(Oc2cnc(C(F)(F)F)[nH]2)cc1. The van der Waals surface area contributed by atoms with Gasteiger partial charge in [0.05, 0.1) is 6.20 Å². The summed E-state index contributed by atoms with van der Waals surface area (Å²) in [6.45, 7) is 3.10. The number of rotatable bonds is 4. The zero-order chi connectivity index (χ0) is 19.0. The second-order valence-electron chi connectivity index (χ2n) is 6.94. The van der Waals surface area contributed by atoms with Crippen molar-refractivity contribution in [1.29, 1.82) is 0 Å². The summed E-state index contributed by atoms with van der Waals surface area (Å²) in [5.41, 5.74) is 0.486. The first-order chi connectivity index (χ1) is 12.9. The van der Waals surface area contributed by atoms with Crippen LogP contribution in [0.5, 0.6) is 11.6 Å². The maximum atomic E-state index is 12.5. The molecule has 0 aliphatic carbocycles. The molecule has 3 aliphatic heterocycles. The topological polar surface area (TPSA) is 70.2 Å². The fourth-order valence-electron chi connectivity index (χ4n) is 3.68. The molecule has 1 amide bonds. The number of aromatic nitrogens is 2. The van der Waals surface area contributed by atoms with Crippen LogP contribution >= 0.6 is 0 Å². The number of hydrogen-bond acceptors (Lipinski definition) is 4. The standard InChI is InChI=1S/C18H19F3N4O2/c19-18(20,21)17-22-9-15(24-17)27-13-3-1-12(2-4-13)16(26)23-14-10-25-7-5-11(14)6-8-25/h1-4,9,11,14H,5-8,10H2,(H,22,24)(H,23,26)/t14-/m0/s1. The van der Waals surface area contributed by atoms with E-state index in [4.69, 9.17) is 4.74 Å². The Bertz CT molecular complexity index is 811. The van der Waals surface area contributed by atoms with Crippen LogP contribution in [0.4, 0.5) is 13.2 Å². The van der Waals surface area contributed by atoms with Crippen LogP contribution in [0.2, 0.25) is 0 Å². The Labute approximate surface area is 153 Å². The first kappa shape index (κ1) is 17.8. The first-order valence-electron chi connectivity index (χ1n) is 8.82. The highest BCUT2D eigenvalue weighted by molar-refractivity contribution is 5.94. The zero-order valence-corrected chi connectivity index (χ0v) is 14.4. The number of nitrogens with one attached hydrogen (secondary N) is 2. The van der Waals surface area contributed by atoms with Gasteiger partial charge in [-0.2, -0.15) is 13.2 Å². The van der Waals surface area contributed by atoms with Crippen molar-refractivity contribution in [2.24, 2.45) is 5.92 Å². The number of alkyl halides is 3. The van der Waals surface area contributed by atoms with Crippen LogP contribution in [0.1, 0.15) is 29.0 Å².